The van der Waals surface area contributed by atoms with Crippen molar-refractivity contribution >= 4 is 11.7 Å². The molecule has 0 aliphatic carbocycles. The van der Waals surface area contributed by atoms with E-state index in [9.17, 15) is 14.9 Å². The lowest BCUT2D eigenvalue weighted by molar-refractivity contribution is -0.479. The Bertz CT molecular complexity index is 1060. The van der Waals surface area contributed by atoms with Crippen LogP contribution in [0.1, 0.15) is 29.8 Å². The van der Waals surface area contributed by atoms with Crippen LogP contribution in [0.15, 0.2) is 54.6 Å². The molecule has 11 nitrogen and oxygen atoms in total. The number of hydrogen-bond donors (Lipinski definition) is 0. The molecule has 0 saturated carbocycles. The van der Waals surface area contributed by atoms with Gasteiger partial charge < -0.3 is 33.2 Å². The van der Waals surface area contributed by atoms with Gasteiger partial charge in [-0.2, -0.15) is 0 Å². The highest BCUT2D eigenvalue weighted by atomic mass is 16.8. The minimum atomic E-state index is -1.34. The summed E-state index contributed by atoms with van der Waals surface area (Å²) in [6, 6.07) is 14.7. The van der Waals surface area contributed by atoms with Crippen LogP contribution in [-0.2, 0) is 39.8 Å². The normalized spacial score (nSPS) is 31.9. The molecule has 2 aromatic rings. The Kier molecular flexibility index (Phi) is 7.69. The van der Waals surface area contributed by atoms with Gasteiger partial charge in [-0.15, -0.1) is 0 Å². The molecule has 2 fully saturated rings. The van der Waals surface area contributed by atoms with Gasteiger partial charge in [-0.05, 0) is 31.5 Å². The van der Waals surface area contributed by atoms with Gasteiger partial charge in [0, 0.05) is 26.4 Å². The average Bonchev–Trinajstić information content (AvgIpc) is 2.89. The van der Waals surface area contributed by atoms with Crippen LogP contribution in [0.25, 0.3) is 0 Å². The van der Waals surface area contributed by atoms with E-state index in [0.29, 0.717) is 0 Å². The molecule has 0 bridgehead atoms. The zero-order valence-corrected chi connectivity index (χ0v) is 20.4. The van der Waals surface area contributed by atoms with Crippen LogP contribution >= 0.6 is 0 Å². The Morgan fingerprint density at radius 2 is 1.61 bits per heavy atom. The molecular formula is C25H29NO10. The number of nitro groups is 1. The summed E-state index contributed by atoms with van der Waals surface area (Å²) in [4.78, 5) is 23.2. The van der Waals surface area contributed by atoms with Crippen molar-refractivity contribution < 1.29 is 42.9 Å². The number of non-ortho nitro benzene ring substituents is 1. The number of carbonyl (C=O) groups is 1. The van der Waals surface area contributed by atoms with Crippen molar-refractivity contribution in [1.29, 1.82) is 0 Å². The topological polar surface area (TPSA) is 125 Å². The third-order valence-electron chi connectivity index (χ3n) is 6.54. The van der Waals surface area contributed by atoms with Gasteiger partial charge in [-0.1, -0.05) is 30.3 Å². The molecule has 2 aromatic carbocycles. The summed E-state index contributed by atoms with van der Waals surface area (Å²) in [5.41, 5.74) is 0.953. The molecule has 2 saturated heterocycles. The van der Waals surface area contributed by atoms with Crippen LogP contribution in [0.2, 0.25) is 0 Å². The second kappa shape index (κ2) is 10.6. The van der Waals surface area contributed by atoms with Crippen LogP contribution in [0, 0.1) is 10.1 Å². The monoisotopic (exact) mass is 503 g/mol. The van der Waals surface area contributed by atoms with E-state index in [4.69, 9.17) is 33.2 Å². The molecule has 11 heteroatoms. The second-order valence-corrected chi connectivity index (χ2v) is 8.71. The van der Waals surface area contributed by atoms with E-state index in [1.165, 1.54) is 38.5 Å². The largest absolute Gasteiger partial charge is 0.453 e. The minimum Gasteiger partial charge on any atom is -0.453 e. The number of benzene rings is 2. The third-order valence-corrected chi connectivity index (χ3v) is 6.54. The first-order valence-electron chi connectivity index (χ1n) is 11.4. The quantitative estimate of drug-likeness (QED) is 0.301. The average molecular weight is 504 g/mol. The lowest BCUT2D eigenvalue weighted by Gasteiger charge is -2.55. The molecule has 1 unspecified atom stereocenters. The number of nitrogens with zero attached hydrogens (tertiary/aromatic N) is 1. The summed E-state index contributed by atoms with van der Waals surface area (Å²) in [7, 11) is 2.93. The van der Waals surface area contributed by atoms with Crippen molar-refractivity contribution in [3.8, 4) is 0 Å². The Balaban J connectivity index is 1.55. The van der Waals surface area contributed by atoms with Gasteiger partial charge in [-0.25, -0.2) is 4.79 Å². The molecule has 0 amide bonds. The zero-order chi connectivity index (χ0) is 25.9. The first-order chi connectivity index (χ1) is 17.2. The SMILES string of the molecule is CO[C@@]1(C)OC2[C@H](OCc3ccccc3)OC[C@H](OC(=O)c3ccc([N+](=O)[O-])cc3)[C@H]2O[C@]1(C)OC. The number of ether oxygens (including phenoxy) is 7. The molecule has 0 spiro atoms. The number of rotatable bonds is 8. The molecule has 36 heavy (non-hydrogen) atoms. The second-order valence-electron chi connectivity index (χ2n) is 8.71. The number of fused-ring (bicyclic) bond motifs is 1. The van der Waals surface area contributed by atoms with Crippen molar-refractivity contribution in [2.45, 2.75) is 56.6 Å². The van der Waals surface area contributed by atoms with Gasteiger partial charge in [0.15, 0.2) is 12.4 Å². The summed E-state index contributed by atoms with van der Waals surface area (Å²) in [6.45, 7) is 3.56. The van der Waals surface area contributed by atoms with E-state index in [-0.39, 0.29) is 24.5 Å². The smallest absolute Gasteiger partial charge is 0.338 e. The van der Waals surface area contributed by atoms with Gasteiger partial charge in [0.25, 0.3) is 5.69 Å². The maximum absolute atomic E-state index is 12.8. The molecule has 4 rings (SSSR count). The van der Waals surface area contributed by atoms with Crippen LogP contribution in [0.3, 0.4) is 0 Å². The highest BCUT2D eigenvalue weighted by molar-refractivity contribution is 5.89. The van der Waals surface area contributed by atoms with Crippen molar-refractivity contribution in [3.63, 3.8) is 0 Å². The fraction of sp³-hybridized carbons (Fsp3) is 0.480. The van der Waals surface area contributed by atoms with Crippen LogP contribution < -0.4 is 0 Å². The lowest BCUT2D eigenvalue weighted by Crippen LogP contribution is -2.71. The number of nitro benzene ring substituents is 1. The van der Waals surface area contributed by atoms with Gasteiger partial charge >= 0.3 is 5.97 Å². The van der Waals surface area contributed by atoms with Gasteiger partial charge in [0.1, 0.15) is 12.2 Å². The van der Waals surface area contributed by atoms with E-state index < -0.39 is 47.1 Å². The standard InChI is InChI=1S/C25H29NO10/c1-24(30-3)25(2,31-4)36-21-20(35-24)19(15-33-23(21)32-14-16-8-6-5-7-9-16)34-22(27)17-10-12-18(13-11-17)26(28)29/h5-13,19-21,23H,14-15H2,1-4H3/t19-,20+,21?,23+,24-,25-/m0/s1. The van der Waals surface area contributed by atoms with E-state index >= 15 is 0 Å². The molecule has 194 valence electrons. The Morgan fingerprint density at radius 3 is 2.19 bits per heavy atom. The van der Waals surface area contributed by atoms with Crippen molar-refractivity contribution in [3.05, 3.63) is 75.8 Å². The van der Waals surface area contributed by atoms with E-state index in [1.807, 2.05) is 30.3 Å². The first kappa shape index (κ1) is 26.1. The van der Waals surface area contributed by atoms with Gasteiger partial charge in [-0.3, -0.25) is 10.1 Å². The fourth-order valence-corrected chi connectivity index (χ4v) is 4.13. The Labute approximate surface area is 208 Å². The summed E-state index contributed by atoms with van der Waals surface area (Å²) in [5.74, 6) is -3.36. The maximum atomic E-state index is 12.8. The summed E-state index contributed by atoms with van der Waals surface area (Å²) in [5, 5.41) is 10.9. The predicted octanol–water partition coefficient (Wildman–Crippen LogP) is 3.20. The van der Waals surface area contributed by atoms with E-state index in [1.54, 1.807) is 13.8 Å². The summed E-state index contributed by atoms with van der Waals surface area (Å²) < 4.78 is 41.5. The van der Waals surface area contributed by atoms with Crippen LogP contribution in [-0.4, -0.2) is 67.9 Å². The van der Waals surface area contributed by atoms with Crippen molar-refractivity contribution in [2.24, 2.45) is 0 Å². The highest BCUT2D eigenvalue weighted by Crippen LogP contribution is 2.43. The highest BCUT2D eigenvalue weighted by Gasteiger charge is 2.62. The third kappa shape index (κ3) is 5.12. The number of carbonyl (C=O) groups excluding carboxylic acids is 1. The fourth-order valence-electron chi connectivity index (χ4n) is 4.13. The predicted molar refractivity (Wildman–Crippen MR) is 124 cm³/mol. The molecule has 2 heterocycles. The number of hydrogen-bond acceptors (Lipinski definition) is 10. The molecule has 2 aliphatic rings. The van der Waals surface area contributed by atoms with E-state index in [2.05, 4.69) is 0 Å². The van der Waals surface area contributed by atoms with Crippen LogP contribution in [0.4, 0.5) is 5.69 Å². The van der Waals surface area contributed by atoms with E-state index in [0.717, 1.165) is 5.56 Å². The molecule has 0 radical (unpaired) electrons. The lowest BCUT2D eigenvalue weighted by atomic mass is 9.98. The minimum absolute atomic E-state index is 0.0355. The van der Waals surface area contributed by atoms with Crippen molar-refractivity contribution in [1.82, 2.24) is 0 Å². The van der Waals surface area contributed by atoms with Crippen LogP contribution in [0.5, 0.6) is 0 Å². The van der Waals surface area contributed by atoms with Gasteiger partial charge in [0.05, 0.1) is 23.7 Å². The molecular weight excluding hydrogens is 474 g/mol. The number of methoxy groups -OCH3 is 2. The molecule has 0 N–H and O–H groups in total. The molecule has 0 aromatic heterocycles. The maximum Gasteiger partial charge on any atom is 0.338 e. The first-order valence-corrected chi connectivity index (χ1v) is 11.4. The Hall–Kier alpha value is -2.93. The summed E-state index contributed by atoms with van der Waals surface area (Å²) in [6.07, 6.45) is -3.38. The number of esters is 1. The Morgan fingerprint density at radius 1 is 1.00 bits per heavy atom. The molecule has 6 atom stereocenters. The van der Waals surface area contributed by atoms with Crippen molar-refractivity contribution in [2.75, 3.05) is 20.8 Å². The van der Waals surface area contributed by atoms with Gasteiger partial charge in [0.2, 0.25) is 11.6 Å². The molecule has 2 aliphatic heterocycles. The zero-order valence-electron chi connectivity index (χ0n) is 20.4. The summed E-state index contributed by atoms with van der Waals surface area (Å²) >= 11 is 0.